The summed E-state index contributed by atoms with van der Waals surface area (Å²) in [6.45, 7) is 4.95. The zero-order valence-electron chi connectivity index (χ0n) is 13.1. The van der Waals surface area contributed by atoms with Gasteiger partial charge in [0.1, 0.15) is 0 Å². The van der Waals surface area contributed by atoms with Crippen molar-refractivity contribution in [3.05, 3.63) is 57.8 Å². The van der Waals surface area contributed by atoms with Gasteiger partial charge in [0.15, 0.2) is 5.96 Å². The van der Waals surface area contributed by atoms with E-state index < -0.39 is 0 Å². The first-order chi connectivity index (χ1) is 10.8. The van der Waals surface area contributed by atoms with Crippen LogP contribution in [-0.4, -0.2) is 26.2 Å². The van der Waals surface area contributed by atoms with E-state index in [1.807, 2.05) is 18.2 Å². The molecule has 0 aliphatic heterocycles. The van der Waals surface area contributed by atoms with Gasteiger partial charge >= 0.3 is 0 Å². The van der Waals surface area contributed by atoms with Crippen molar-refractivity contribution >= 4 is 17.3 Å². The third-order valence-electron chi connectivity index (χ3n) is 3.26. The minimum Gasteiger partial charge on any atom is -0.375 e. The summed E-state index contributed by atoms with van der Waals surface area (Å²) in [5.74, 6) is 0.802. The number of hydrogen-bond acceptors (Lipinski definition) is 3. The second-order valence-electron chi connectivity index (χ2n) is 4.92. The first-order valence-electron chi connectivity index (χ1n) is 7.38. The number of rotatable bonds is 7. The van der Waals surface area contributed by atoms with Gasteiger partial charge in [0.05, 0.1) is 19.8 Å². The van der Waals surface area contributed by atoms with Crippen LogP contribution in [0.1, 0.15) is 16.0 Å². The average Bonchev–Trinajstić information content (AvgIpc) is 2.96. The van der Waals surface area contributed by atoms with Gasteiger partial charge in [-0.15, -0.1) is 11.3 Å². The number of thiophene rings is 1. The molecule has 0 bridgehead atoms. The lowest BCUT2D eigenvalue weighted by atomic mass is 10.2. The van der Waals surface area contributed by atoms with Gasteiger partial charge < -0.3 is 15.4 Å². The Morgan fingerprint density at radius 1 is 1.18 bits per heavy atom. The van der Waals surface area contributed by atoms with Crippen molar-refractivity contribution in [1.82, 2.24) is 10.6 Å². The van der Waals surface area contributed by atoms with E-state index in [2.05, 4.69) is 46.1 Å². The summed E-state index contributed by atoms with van der Waals surface area (Å²) >= 11 is 1.76. The van der Waals surface area contributed by atoms with Crippen LogP contribution < -0.4 is 10.6 Å². The minimum atomic E-state index is 0.642. The highest BCUT2D eigenvalue weighted by atomic mass is 32.1. The molecular formula is C17H23N3OS. The van der Waals surface area contributed by atoms with Crippen molar-refractivity contribution in [2.45, 2.75) is 20.1 Å². The highest BCUT2D eigenvalue weighted by Gasteiger charge is 2.01. The predicted octanol–water partition coefficient (Wildman–Crippen LogP) is 2.94. The third-order valence-corrected chi connectivity index (χ3v) is 4.28. The molecule has 22 heavy (non-hydrogen) atoms. The Labute approximate surface area is 136 Å². The standard InChI is InChI=1S/C17H23N3OS/c1-14-8-11-22-16(14)12-20-17(18-2)19-9-10-21-13-15-6-4-3-5-7-15/h3-8,11H,9-10,12-13H2,1-2H3,(H2,18,19,20). The maximum atomic E-state index is 5.64. The van der Waals surface area contributed by atoms with Gasteiger partial charge in [-0.3, -0.25) is 4.99 Å². The fourth-order valence-corrected chi connectivity index (χ4v) is 2.82. The van der Waals surface area contributed by atoms with E-state index in [-0.39, 0.29) is 0 Å². The Hall–Kier alpha value is -1.85. The van der Waals surface area contributed by atoms with E-state index in [1.165, 1.54) is 16.0 Å². The molecule has 0 radical (unpaired) electrons. The maximum Gasteiger partial charge on any atom is 0.191 e. The molecule has 1 aromatic heterocycles. The SMILES string of the molecule is CN=C(NCCOCc1ccccc1)NCc1sccc1C. The van der Waals surface area contributed by atoms with Crippen molar-refractivity contribution in [2.24, 2.45) is 4.99 Å². The van der Waals surface area contributed by atoms with Gasteiger partial charge in [-0.2, -0.15) is 0 Å². The van der Waals surface area contributed by atoms with Gasteiger partial charge in [-0.25, -0.2) is 0 Å². The van der Waals surface area contributed by atoms with Crippen LogP contribution in [-0.2, 0) is 17.9 Å². The summed E-state index contributed by atoms with van der Waals surface area (Å²) in [5, 5.41) is 8.68. The number of ether oxygens (including phenoxy) is 1. The zero-order chi connectivity index (χ0) is 15.6. The molecule has 0 unspecified atom stereocenters. The molecule has 0 saturated heterocycles. The normalized spacial score (nSPS) is 11.5. The zero-order valence-corrected chi connectivity index (χ0v) is 14.0. The van der Waals surface area contributed by atoms with Crippen LogP contribution >= 0.6 is 11.3 Å². The summed E-state index contributed by atoms with van der Waals surface area (Å²) in [4.78, 5) is 5.55. The molecule has 0 atom stereocenters. The van der Waals surface area contributed by atoms with Crippen molar-refractivity contribution in [3.8, 4) is 0 Å². The van der Waals surface area contributed by atoms with E-state index in [4.69, 9.17) is 4.74 Å². The maximum absolute atomic E-state index is 5.64. The van der Waals surface area contributed by atoms with Gasteiger partial charge in [0.25, 0.3) is 0 Å². The monoisotopic (exact) mass is 317 g/mol. The molecule has 2 rings (SSSR count). The molecule has 0 saturated carbocycles. The summed E-state index contributed by atoms with van der Waals surface area (Å²) in [6.07, 6.45) is 0. The van der Waals surface area contributed by atoms with E-state index in [1.54, 1.807) is 18.4 Å². The Balaban J connectivity index is 1.61. The number of guanidine groups is 1. The first kappa shape index (κ1) is 16.5. The Morgan fingerprint density at radius 3 is 2.68 bits per heavy atom. The van der Waals surface area contributed by atoms with Gasteiger partial charge in [0.2, 0.25) is 0 Å². The highest BCUT2D eigenvalue weighted by molar-refractivity contribution is 7.10. The Morgan fingerprint density at radius 2 is 2.00 bits per heavy atom. The fourth-order valence-electron chi connectivity index (χ4n) is 1.98. The second kappa shape index (κ2) is 9.23. The van der Waals surface area contributed by atoms with Crippen LogP contribution in [0.25, 0.3) is 0 Å². The first-order valence-corrected chi connectivity index (χ1v) is 8.26. The molecule has 5 heteroatoms. The molecular weight excluding hydrogens is 294 g/mol. The molecule has 0 aliphatic carbocycles. The highest BCUT2D eigenvalue weighted by Crippen LogP contribution is 2.14. The van der Waals surface area contributed by atoms with Gasteiger partial charge in [0, 0.05) is 18.5 Å². The molecule has 0 spiro atoms. The Bertz CT molecular complexity index is 581. The van der Waals surface area contributed by atoms with Crippen molar-refractivity contribution < 1.29 is 4.74 Å². The third kappa shape index (κ3) is 5.50. The number of hydrogen-bond donors (Lipinski definition) is 2. The quantitative estimate of drug-likeness (QED) is 0.469. The van der Waals surface area contributed by atoms with Crippen molar-refractivity contribution in [1.29, 1.82) is 0 Å². The van der Waals surface area contributed by atoms with Gasteiger partial charge in [-0.1, -0.05) is 30.3 Å². The lowest BCUT2D eigenvalue weighted by Crippen LogP contribution is -2.38. The average molecular weight is 317 g/mol. The molecule has 4 nitrogen and oxygen atoms in total. The molecule has 1 aromatic carbocycles. The molecule has 0 aliphatic rings. The molecule has 1 heterocycles. The van der Waals surface area contributed by atoms with Crippen LogP contribution in [0, 0.1) is 6.92 Å². The molecule has 0 fully saturated rings. The predicted molar refractivity (Wildman–Crippen MR) is 93.4 cm³/mol. The van der Waals surface area contributed by atoms with Crippen LogP contribution in [0.2, 0.25) is 0 Å². The van der Waals surface area contributed by atoms with Crippen molar-refractivity contribution in [3.63, 3.8) is 0 Å². The summed E-state index contributed by atoms with van der Waals surface area (Å²) in [6, 6.07) is 12.3. The summed E-state index contributed by atoms with van der Waals surface area (Å²) in [5.41, 5.74) is 2.51. The van der Waals surface area contributed by atoms with E-state index in [0.29, 0.717) is 13.2 Å². The topological polar surface area (TPSA) is 45.7 Å². The van der Waals surface area contributed by atoms with Gasteiger partial charge in [-0.05, 0) is 29.5 Å². The number of nitrogens with one attached hydrogen (secondary N) is 2. The van der Waals surface area contributed by atoms with E-state index in [0.717, 1.165) is 19.0 Å². The Kier molecular flexibility index (Phi) is 6.93. The second-order valence-corrected chi connectivity index (χ2v) is 5.92. The van der Waals surface area contributed by atoms with E-state index in [9.17, 15) is 0 Å². The molecule has 2 N–H and O–H groups in total. The molecule has 0 amide bonds. The number of aliphatic imine (C=N–C) groups is 1. The lowest BCUT2D eigenvalue weighted by molar-refractivity contribution is 0.125. The molecule has 2 aromatic rings. The fraction of sp³-hybridized carbons (Fsp3) is 0.353. The summed E-state index contributed by atoms with van der Waals surface area (Å²) < 4.78 is 5.64. The van der Waals surface area contributed by atoms with Crippen LogP contribution in [0.15, 0.2) is 46.8 Å². The summed E-state index contributed by atoms with van der Waals surface area (Å²) in [7, 11) is 1.78. The van der Waals surface area contributed by atoms with Crippen LogP contribution in [0.4, 0.5) is 0 Å². The van der Waals surface area contributed by atoms with Crippen molar-refractivity contribution in [2.75, 3.05) is 20.2 Å². The molecule has 118 valence electrons. The lowest BCUT2D eigenvalue weighted by Gasteiger charge is -2.12. The number of benzene rings is 1. The number of nitrogens with zero attached hydrogens (tertiary/aromatic N) is 1. The van der Waals surface area contributed by atoms with E-state index >= 15 is 0 Å². The largest absolute Gasteiger partial charge is 0.375 e. The number of aryl methyl sites for hydroxylation is 1. The minimum absolute atomic E-state index is 0.642. The van der Waals surface area contributed by atoms with Crippen LogP contribution in [0.5, 0.6) is 0 Å². The smallest absolute Gasteiger partial charge is 0.191 e. The van der Waals surface area contributed by atoms with Crippen LogP contribution in [0.3, 0.4) is 0 Å².